The third kappa shape index (κ3) is 2.88. The molecule has 1 N–H and O–H groups in total. The van der Waals surface area contributed by atoms with Crippen LogP contribution in [0.5, 0.6) is 0 Å². The van der Waals surface area contributed by atoms with E-state index in [0.29, 0.717) is 0 Å². The Morgan fingerprint density at radius 3 is 2.47 bits per heavy atom. The molecular weight excluding hydrogens is 234 g/mol. The van der Waals surface area contributed by atoms with Crippen molar-refractivity contribution in [3.63, 3.8) is 0 Å². The normalized spacial score (nSPS) is 10.5. The lowest BCUT2D eigenvalue weighted by atomic mass is 10.1. The first-order chi connectivity index (χ1) is 9.42. The summed E-state index contributed by atoms with van der Waals surface area (Å²) < 4.78 is 0. The van der Waals surface area contributed by atoms with Crippen LogP contribution in [0.4, 0.5) is 5.69 Å². The van der Waals surface area contributed by atoms with Gasteiger partial charge in [0.15, 0.2) is 0 Å². The molecule has 94 valence electrons. The lowest BCUT2D eigenvalue weighted by Gasteiger charge is -2.07. The van der Waals surface area contributed by atoms with E-state index in [-0.39, 0.29) is 0 Å². The van der Waals surface area contributed by atoms with Crippen LogP contribution in [-0.4, -0.2) is 16.5 Å². The maximum atomic E-state index is 4.31. The summed E-state index contributed by atoms with van der Waals surface area (Å²) in [5, 5.41) is 3.42. The Morgan fingerprint density at radius 1 is 0.842 bits per heavy atom. The highest BCUT2D eigenvalue weighted by atomic mass is 14.9. The van der Waals surface area contributed by atoms with Crippen LogP contribution in [0.2, 0.25) is 0 Å². The molecule has 0 spiro atoms. The van der Waals surface area contributed by atoms with Crippen LogP contribution in [0, 0.1) is 0 Å². The Morgan fingerprint density at radius 2 is 1.63 bits per heavy atom. The monoisotopic (exact) mass is 249 g/mol. The molecule has 0 aliphatic carbocycles. The van der Waals surface area contributed by atoms with Gasteiger partial charge in [0.2, 0.25) is 0 Å². The average molecular weight is 249 g/mol. The standard InChI is InChI=1S/C16H15N3/c1-2-4-13(5-3-1)8-9-17-14-6-7-15-16(12-14)19-11-10-18-15/h1-7,10-12,17H,8-9H2. The van der Waals surface area contributed by atoms with Crippen LogP contribution in [0.15, 0.2) is 60.9 Å². The maximum Gasteiger partial charge on any atom is 0.0907 e. The lowest BCUT2D eigenvalue weighted by Crippen LogP contribution is -2.04. The predicted octanol–water partition coefficient (Wildman–Crippen LogP) is 3.28. The fourth-order valence-electron chi connectivity index (χ4n) is 2.07. The van der Waals surface area contributed by atoms with Gasteiger partial charge in [0, 0.05) is 24.6 Å². The van der Waals surface area contributed by atoms with Crippen LogP contribution in [0.1, 0.15) is 5.56 Å². The molecule has 1 heterocycles. The van der Waals surface area contributed by atoms with E-state index in [4.69, 9.17) is 0 Å². The maximum absolute atomic E-state index is 4.31. The number of anilines is 1. The number of nitrogens with one attached hydrogen (secondary N) is 1. The van der Waals surface area contributed by atoms with E-state index in [2.05, 4.69) is 39.6 Å². The molecule has 0 fully saturated rings. The molecule has 0 bridgehead atoms. The second kappa shape index (κ2) is 5.48. The van der Waals surface area contributed by atoms with Crippen LogP contribution in [0.3, 0.4) is 0 Å². The summed E-state index contributed by atoms with van der Waals surface area (Å²) in [6.45, 7) is 0.912. The van der Waals surface area contributed by atoms with Crippen molar-refractivity contribution in [2.45, 2.75) is 6.42 Å². The van der Waals surface area contributed by atoms with E-state index in [1.807, 2.05) is 24.3 Å². The number of nitrogens with zero attached hydrogens (tertiary/aromatic N) is 2. The average Bonchev–Trinajstić information content (AvgIpc) is 2.48. The molecule has 3 rings (SSSR count). The SMILES string of the molecule is c1ccc(CCNc2ccc3nccnc3c2)cc1. The molecule has 0 aliphatic heterocycles. The van der Waals surface area contributed by atoms with Gasteiger partial charge in [-0.25, -0.2) is 0 Å². The summed E-state index contributed by atoms with van der Waals surface area (Å²) in [4.78, 5) is 8.57. The topological polar surface area (TPSA) is 37.8 Å². The van der Waals surface area contributed by atoms with Gasteiger partial charge in [-0.3, -0.25) is 9.97 Å². The van der Waals surface area contributed by atoms with Crippen molar-refractivity contribution in [3.8, 4) is 0 Å². The lowest BCUT2D eigenvalue weighted by molar-refractivity contribution is 1.02. The van der Waals surface area contributed by atoms with Gasteiger partial charge in [0.1, 0.15) is 0 Å². The zero-order chi connectivity index (χ0) is 12.9. The number of rotatable bonds is 4. The van der Waals surface area contributed by atoms with Crippen LogP contribution >= 0.6 is 0 Å². The number of hydrogen-bond acceptors (Lipinski definition) is 3. The van der Waals surface area contributed by atoms with E-state index < -0.39 is 0 Å². The summed E-state index contributed by atoms with van der Waals surface area (Å²) in [6.07, 6.45) is 4.44. The van der Waals surface area contributed by atoms with E-state index >= 15 is 0 Å². The van der Waals surface area contributed by atoms with Gasteiger partial charge < -0.3 is 5.32 Å². The van der Waals surface area contributed by atoms with Gasteiger partial charge in [-0.05, 0) is 30.2 Å². The third-order valence-electron chi connectivity index (χ3n) is 3.05. The molecule has 0 unspecified atom stereocenters. The fourth-order valence-corrected chi connectivity index (χ4v) is 2.07. The van der Waals surface area contributed by atoms with E-state index in [1.165, 1.54) is 5.56 Å². The van der Waals surface area contributed by atoms with Crippen LogP contribution in [0.25, 0.3) is 11.0 Å². The van der Waals surface area contributed by atoms with Crippen molar-refractivity contribution in [2.24, 2.45) is 0 Å². The van der Waals surface area contributed by atoms with E-state index in [1.54, 1.807) is 12.4 Å². The van der Waals surface area contributed by atoms with Crippen molar-refractivity contribution in [3.05, 3.63) is 66.5 Å². The Kier molecular flexibility index (Phi) is 3.36. The van der Waals surface area contributed by atoms with Gasteiger partial charge in [-0.2, -0.15) is 0 Å². The van der Waals surface area contributed by atoms with E-state index in [9.17, 15) is 0 Å². The van der Waals surface area contributed by atoms with Crippen molar-refractivity contribution in [2.75, 3.05) is 11.9 Å². The Labute approximate surface area is 112 Å². The molecule has 2 aromatic carbocycles. The molecule has 3 aromatic rings. The molecular formula is C16H15N3. The third-order valence-corrected chi connectivity index (χ3v) is 3.05. The summed E-state index contributed by atoms with van der Waals surface area (Å²) in [7, 11) is 0. The molecule has 0 saturated heterocycles. The predicted molar refractivity (Wildman–Crippen MR) is 78.2 cm³/mol. The highest BCUT2D eigenvalue weighted by Crippen LogP contribution is 2.14. The van der Waals surface area contributed by atoms with E-state index in [0.717, 1.165) is 29.7 Å². The molecule has 3 nitrogen and oxygen atoms in total. The largest absolute Gasteiger partial charge is 0.385 e. The first kappa shape index (κ1) is 11.7. The highest BCUT2D eigenvalue weighted by Gasteiger charge is 1.98. The number of benzene rings is 2. The summed E-state index contributed by atoms with van der Waals surface area (Å²) in [5.74, 6) is 0. The Balaban J connectivity index is 1.65. The van der Waals surface area contributed by atoms with Crippen molar-refractivity contribution < 1.29 is 0 Å². The van der Waals surface area contributed by atoms with Gasteiger partial charge >= 0.3 is 0 Å². The van der Waals surface area contributed by atoms with Crippen molar-refractivity contribution >= 4 is 16.7 Å². The van der Waals surface area contributed by atoms with Gasteiger partial charge in [-0.1, -0.05) is 30.3 Å². The molecule has 3 heteroatoms. The molecule has 19 heavy (non-hydrogen) atoms. The molecule has 0 saturated carbocycles. The fraction of sp³-hybridized carbons (Fsp3) is 0.125. The van der Waals surface area contributed by atoms with Gasteiger partial charge in [-0.15, -0.1) is 0 Å². The first-order valence-corrected chi connectivity index (χ1v) is 6.40. The first-order valence-electron chi connectivity index (χ1n) is 6.40. The number of aromatic nitrogens is 2. The summed E-state index contributed by atoms with van der Waals surface area (Å²) in [6, 6.07) is 16.5. The van der Waals surface area contributed by atoms with Gasteiger partial charge in [0.25, 0.3) is 0 Å². The number of fused-ring (bicyclic) bond motifs is 1. The number of hydrogen-bond donors (Lipinski definition) is 1. The quantitative estimate of drug-likeness (QED) is 0.771. The Hall–Kier alpha value is -2.42. The molecule has 0 atom stereocenters. The second-order valence-corrected chi connectivity index (χ2v) is 4.42. The zero-order valence-corrected chi connectivity index (χ0v) is 10.6. The van der Waals surface area contributed by atoms with Crippen molar-refractivity contribution in [1.82, 2.24) is 9.97 Å². The van der Waals surface area contributed by atoms with Crippen LogP contribution < -0.4 is 5.32 Å². The summed E-state index contributed by atoms with van der Waals surface area (Å²) in [5.41, 5.74) is 4.28. The minimum Gasteiger partial charge on any atom is -0.385 e. The van der Waals surface area contributed by atoms with Crippen molar-refractivity contribution in [1.29, 1.82) is 0 Å². The minimum absolute atomic E-state index is 0.912. The molecule has 0 amide bonds. The molecule has 0 radical (unpaired) electrons. The minimum atomic E-state index is 0.912. The van der Waals surface area contributed by atoms with Gasteiger partial charge in [0.05, 0.1) is 11.0 Å². The summed E-state index contributed by atoms with van der Waals surface area (Å²) >= 11 is 0. The Bertz CT molecular complexity index is 665. The second-order valence-electron chi connectivity index (χ2n) is 4.42. The molecule has 0 aliphatic rings. The highest BCUT2D eigenvalue weighted by molar-refractivity contribution is 5.78. The smallest absolute Gasteiger partial charge is 0.0907 e. The van der Waals surface area contributed by atoms with Crippen LogP contribution in [-0.2, 0) is 6.42 Å². The zero-order valence-electron chi connectivity index (χ0n) is 10.6. The molecule has 1 aromatic heterocycles.